The molecule has 0 bridgehead atoms. The molecular weight excluding hydrogens is 473 g/mol. The predicted octanol–water partition coefficient (Wildman–Crippen LogP) is 5.19. The maximum absolute atomic E-state index is 12.8. The summed E-state index contributed by atoms with van der Waals surface area (Å²) < 4.78 is 0. The van der Waals surface area contributed by atoms with Crippen molar-refractivity contribution in [2.24, 2.45) is 0 Å². The fourth-order valence-corrected chi connectivity index (χ4v) is 4.26. The summed E-state index contributed by atoms with van der Waals surface area (Å²) >= 11 is 12.3. The summed E-state index contributed by atoms with van der Waals surface area (Å²) in [6.45, 7) is 2.01. The van der Waals surface area contributed by atoms with Crippen molar-refractivity contribution in [1.29, 1.82) is 5.41 Å². The molecule has 1 saturated heterocycles. The molecule has 0 aromatic heterocycles. The molecule has 3 aromatic carbocycles. The number of benzene rings is 3. The van der Waals surface area contributed by atoms with Crippen molar-refractivity contribution in [2.75, 3.05) is 12.4 Å². The van der Waals surface area contributed by atoms with Crippen LogP contribution in [0.25, 0.3) is 11.1 Å². The first kappa shape index (κ1) is 23.6. The summed E-state index contributed by atoms with van der Waals surface area (Å²) in [6, 6.07) is 19.5. The van der Waals surface area contributed by atoms with Crippen LogP contribution in [0.4, 0.5) is 10.5 Å². The third-order valence-corrected chi connectivity index (χ3v) is 6.25. The third kappa shape index (κ3) is 4.71. The highest BCUT2D eigenvalue weighted by Crippen LogP contribution is 2.33. The average molecular weight is 496 g/mol. The summed E-state index contributed by atoms with van der Waals surface area (Å²) in [4.78, 5) is 26.5. The highest BCUT2D eigenvalue weighted by atomic mass is 35.5. The van der Waals surface area contributed by atoms with Gasteiger partial charge in [-0.1, -0.05) is 53.5 Å². The molecule has 9 heteroatoms. The Hall–Kier alpha value is -3.55. The first-order chi connectivity index (χ1) is 16.2. The van der Waals surface area contributed by atoms with E-state index in [0.29, 0.717) is 15.7 Å². The fourth-order valence-electron chi connectivity index (χ4n) is 3.89. The van der Waals surface area contributed by atoms with Crippen LogP contribution in [-0.2, 0) is 16.9 Å². The van der Waals surface area contributed by atoms with E-state index in [2.05, 4.69) is 16.0 Å². The van der Waals surface area contributed by atoms with E-state index in [1.165, 1.54) is 4.90 Å². The highest BCUT2D eigenvalue weighted by Gasteiger charge is 2.45. The van der Waals surface area contributed by atoms with E-state index in [4.69, 9.17) is 28.6 Å². The number of nitrogens with zero attached hydrogens (tertiary/aromatic N) is 1. The van der Waals surface area contributed by atoms with Crippen LogP contribution in [0.1, 0.15) is 18.1 Å². The standard InChI is InChI=1S/C25H23Cl2N5O2/c1-25(22(33)32(2)23(28)31-25)17-6-3-5-15(11-17)21-13-19(27)10-9-16(21)14-29-24(34)30-20-8-4-7-18(26)12-20/h3-13H,14H2,1-2H3,(H2,28,31)(H2,29,30,34). The minimum atomic E-state index is -1.05. The Bertz CT molecular complexity index is 1300. The molecule has 1 heterocycles. The van der Waals surface area contributed by atoms with E-state index in [0.717, 1.165) is 22.3 Å². The van der Waals surface area contributed by atoms with Crippen molar-refractivity contribution < 1.29 is 9.59 Å². The zero-order chi connectivity index (χ0) is 24.5. The molecule has 1 fully saturated rings. The van der Waals surface area contributed by atoms with Gasteiger partial charge in [0.25, 0.3) is 5.91 Å². The van der Waals surface area contributed by atoms with Gasteiger partial charge in [0.2, 0.25) is 0 Å². The zero-order valence-corrected chi connectivity index (χ0v) is 20.1. The first-order valence-electron chi connectivity index (χ1n) is 10.5. The zero-order valence-electron chi connectivity index (χ0n) is 18.6. The van der Waals surface area contributed by atoms with Gasteiger partial charge in [0.05, 0.1) is 0 Å². The van der Waals surface area contributed by atoms with Gasteiger partial charge >= 0.3 is 6.03 Å². The number of nitrogens with one attached hydrogen (secondary N) is 4. The maximum Gasteiger partial charge on any atom is 0.319 e. The Morgan fingerprint density at radius 1 is 1.06 bits per heavy atom. The fraction of sp³-hybridized carbons (Fsp3) is 0.160. The van der Waals surface area contributed by atoms with Crippen LogP contribution in [0.3, 0.4) is 0 Å². The lowest BCUT2D eigenvalue weighted by Gasteiger charge is -2.23. The average Bonchev–Trinajstić information content (AvgIpc) is 3.01. The topological polar surface area (TPSA) is 97.3 Å². The molecule has 1 atom stereocenters. The van der Waals surface area contributed by atoms with Gasteiger partial charge in [-0.3, -0.25) is 15.1 Å². The van der Waals surface area contributed by atoms with Crippen LogP contribution in [0.2, 0.25) is 10.0 Å². The number of carbonyl (C=O) groups is 2. The van der Waals surface area contributed by atoms with Gasteiger partial charge in [0, 0.05) is 29.3 Å². The molecule has 3 aromatic rings. The van der Waals surface area contributed by atoms with Crippen LogP contribution in [0, 0.1) is 5.41 Å². The van der Waals surface area contributed by atoms with Crippen molar-refractivity contribution in [2.45, 2.75) is 19.0 Å². The lowest BCUT2D eigenvalue weighted by Crippen LogP contribution is -2.40. The third-order valence-electron chi connectivity index (χ3n) is 5.78. The number of guanidine groups is 1. The van der Waals surface area contributed by atoms with Gasteiger partial charge in [0.15, 0.2) is 5.96 Å². The minimum Gasteiger partial charge on any atom is -0.338 e. The molecule has 0 aliphatic carbocycles. The second-order valence-corrected chi connectivity index (χ2v) is 9.04. The molecule has 4 rings (SSSR count). The SMILES string of the molecule is CN1C(=N)NC(C)(c2cccc(-c3cc(Cl)ccc3CNC(=O)Nc3cccc(Cl)c3)c2)C1=O. The number of anilines is 1. The Kier molecular flexibility index (Phi) is 6.50. The van der Waals surface area contributed by atoms with Crippen molar-refractivity contribution >= 4 is 46.8 Å². The molecule has 7 nitrogen and oxygen atoms in total. The molecule has 3 amide bonds. The Morgan fingerprint density at radius 3 is 2.50 bits per heavy atom. The maximum atomic E-state index is 12.8. The summed E-state index contributed by atoms with van der Waals surface area (Å²) in [6.07, 6.45) is 0. The van der Waals surface area contributed by atoms with Gasteiger partial charge in [-0.2, -0.15) is 0 Å². The van der Waals surface area contributed by atoms with E-state index in [1.54, 1.807) is 44.3 Å². The molecule has 4 N–H and O–H groups in total. The monoisotopic (exact) mass is 495 g/mol. The van der Waals surface area contributed by atoms with E-state index < -0.39 is 5.54 Å². The van der Waals surface area contributed by atoms with Crippen molar-refractivity contribution in [3.63, 3.8) is 0 Å². The number of rotatable bonds is 5. The molecule has 1 aliphatic rings. The van der Waals surface area contributed by atoms with E-state index in [9.17, 15) is 9.59 Å². The summed E-state index contributed by atoms with van der Waals surface area (Å²) in [5, 5.41) is 17.7. The molecule has 0 saturated carbocycles. The number of halogens is 2. The van der Waals surface area contributed by atoms with Gasteiger partial charge in [-0.15, -0.1) is 0 Å². The minimum absolute atomic E-state index is 0.0521. The first-order valence-corrected chi connectivity index (χ1v) is 11.3. The van der Waals surface area contributed by atoms with Gasteiger partial charge in [-0.05, 0) is 65.6 Å². The van der Waals surface area contributed by atoms with Crippen LogP contribution >= 0.6 is 23.2 Å². The van der Waals surface area contributed by atoms with Crippen molar-refractivity contribution in [3.8, 4) is 11.1 Å². The normalized spacial score (nSPS) is 17.5. The quantitative estimate of drug-likeness (QED) is 0.391. The predicted molar refractivity (Wildman–Crippen MR) is 135 cm³/mol. The Balaban J connectivity index is 1.58. The smallest absolute Gasteiger partial charge is 0.319 e. The summed E-state index contributed by atoms with van der Waals surface area (Å²) in [5.74, 6) is -0.156. The van der Waals surface area contributed by atoms with E-state index in [-0.39, 0.29) is 24.4 Å². The number of likely N-dealkylation sites (N-methyl/N-ethyl adjacent to an activating group) is 1. The number of hydrogen-bond donors (Lipinski definition) is 4. The Morgan fingerprint density at radius 2 is 1.79 bits per heavy atom. The van der Waals surface area contributed by atoms with Crippen LogP contribution < -0.4 is 16.0 Å². The molecule has 1 aliphatic heterocycles. The molecule has 34 heavy (non-hydrogen) atoms. The molecule has 0 radical (unpaired) electrons. The van der Waals surface area contributed by atoms with Gasteiger partial charge < -0.3 is 16.0 Å². The number of carbonyl (C=O) groups excluding carboxylic acids is 2. The van der Waals surface area contributed by atoms with Crippen molar-refractivity contribution in [3.05, 3.63) is 87.9 Å². The summed E-state index contributed by atoms with van der Waals surface area (Å²) in [5.41, 5.74) is 2.78. The van der Waals surface area contributed by atoms with Crippen LogP contribution in [0.5, 0.6) is 0 Å². The van der Waals surface area contributed by atoms with Crippen molar-refractivity contribution in [1.82, 2.24) is 15.5 Å². The number of hydrogen-bond acceptors (Lipinski definition) is 3. The molecular formula is C25H23Cl2N5O2. The molecule has 174 valence electrons. The molecule has 1 unspecified atom stereocenters. The number of urea groups is 1. The van der Waals surface area contributed by atoms with E-state index in [1.807, 2.05) is 36.4 Å². The van der Waals surface area contributed by atoms with E-state index >= 15 is 0 Å². The number of amides is 3. The van der Waals surface area contributed by atoms with Gasteiger partial charge in [-0.25, -0.2) is 4.79 Å². The second-order valence-electron chi connectivity index (χ2n) is 8.16. The lowest BCUT2D eigenvalue weighted by molar-refractivity contribution is -0.129. The second kappa shape index (κ2) is 9.37. The summed E-state index contributed by atoms with van der Waals surface area (Å²) in [7, 11) is 1.57. The highest BCUT2D eigenvalue weighted by molar-refractivity contribution is 6.31. The molecule has 0 spiro atoms. The Labute approximate surface area is 207 Å². The largest absolute Gasteiger partial charge is 0.338 e. The van der Waals surface area contributed by atoms with Gasteiger partial charge in [0.1, 0.15) is 5.54 Å². The lowest BCUT2D eigenvalue weighted by atomic mass is 9.88. The van der Waals surface area contributed by atoms with Crippen LogP contribution in [-0.4, -0.2) is 29.8 Å². The van der Waals surface area contributed by atoms with Crippen LogP contribution in [0.15, 0.2) is 66.7 Å².